The fourth-order valence-corrected chi connectivity index (χ4v) is 3.58. The first-order chi connectivity index (χ1) is 10.2. The largest absolute Gasteiger partial charge is 0.493 e. The zero-order valence-electron chi connectivity index (χ0n) is 12.2. The van der Waals surface area contributed by atoms with Gasteiger partial charge in [-0.3, -0.25) is 0 Å². The maximum absolute atomic E-state index is 6.03. The SMILES string of the molecule is Cc1cccc(C(CN)Cc2cc(Br)cc3c2OCC3)c1. The lowest BCUT2D eigenvalue weighted by Crippen LogP contribution is -2.15. The van der Waals surface area contributed by atoms with E-state index in [0.717, 1.165) is 29.7 Å². The molecule has 0 bridgehead atoms. The van der Waals surface area contributed by atoms with Crippen LogP contribution in [-0.2, 0) is 12.8 Å². The van der Waals surface area contributed by atoms with Crippen LogP contribution < -0.4 is 10.5 Å². The monoisotopic (exact) mass is 345 g/mol. The fraction of sp³-hybridized carbons (Fsp3) is 0.333. The molecule has 1 unspecified atom stereocenters. The molecule has 21 heavy (non-hydrogen) atoms. The molecule has 0 fully saturated rings. The molecule has 1 aliphatic rings. The maximum Gasteiger partial charge on any atom is 0.125 e. The number of hydrogen-bond acceptors (Lipinski definition) is 2. The minimum Gasteiger partial charge on any atom is -0.493 e. The Hall–Kier alpha value is -1.32. The second-order valence-electron chi connectivity index (χ2n) is 5.70. The summed E-state index contributed by atoms with van der Waals surface area (Å²) in [5, 5.41) is 0. The van der Waals surface area contributed by atoms with Gasteiger partial charge < -0.3 is 10.5 Å². The standard InChI is InChI=1S/C18H20BrNO/c1-12-3-2-4-13(7-12)16(11-20)8-15-10-17(19)9-14-5-6-21-18(14)15/h2-4,7,9-10,16H,5-6,8,11,20H2,1H3. The van der Waals surface area contributed by atoms with Gasteiger partial charge in [-0.1, -0.05) is 45.8 Å². The normalized spacial score (nSPS) is 14.6. The molecule has 0 saturated heterocycles. The Morgan fingerprint density at radius 2 is 2.14 bits per heavy atom. The molecule has 2 N–H and O–H groups in total. The maximum atomic E-state index is 6.03. The van der Waals surface area contributed by atoms with Crippen LogP contribution >= 0.6 is 15.9 Å². The number of rotatable bonds is 4. The Labute approximate surface area is 134 Å². The molecule has 1 aliphatic heterocycles. The molecule has 2 aromatic rings. The fourth-order valence-electron chi connectivity index (χ4n) is 3.02. The molecule has 0 spiro atoms. The van der Waals surface area contributed by atoms with Gasteiger partial charge in [-0.25, -0.2) is 0 Å². The first kappa shape index (κ1) is 14.6. The van der Waals surface area contributed by atoms with Crippen molar-refractivity contribution in [2.45, 2.75) is 25.7 Å². The predicted octanol–water partition coefficient (Wildman–Crippen LogP) is 3.98. The van der Waals surface area contributed by atoms with Crippen LogP contribution in [0.25, 0.3) is 0 Å². The zero-order chi connectivity index (χ0) is 14.8. The van der Waals surface area contributed by atoms with Crippen molar-refractivity contribution in [3.63, 3.8) is 0 Å². The van der Waals surface area contributed by atoms with E-state index in [1.807, 2.05) is 0 Å². The van der Waals surface area contributed by atoms with Crippen LogP contribution in [0.15, 0.2) is 40.9 Å². The minimum absolute atomic E-state index is 0.326. The van der Waals surface area contributed by atoms with Crippen LogP contribution in [0, 0.1) is 6.92 Å². The molecule has 0 aromatic heterocycles. The van der Waals surface area contributed by atoms with Gasteiger partial charge in [0.2, 0.25) is 0 Å². The van der Waals surface area contributed by atoms with Crippen molar-refractivity contribution in [3.05, 3.63) is 63.1 Å². The summed E-state index contributed by atoms with van der Waals surface area (Å²) < 4.78 is 6.95. The van der Waals surface area contributed by atoms with Gasteiger partial charge in [0.25, 0.3) is 0 Å². The van der Waals surface area contributed by atoms with Gasteiger partial charge in [-0.2, -0.15) is 0 Å². The summed E-state index contributed by atoms with van der Waals surface area (Å²) in [7, 11) is 0. The molecular formula is C18H20BrNO. The number of halogens is 1. The van der Waals surface area contributed by atoms with E-state index < -0.39 is 0 Å². The van der Waals surface area contributed by atoms with Crippen LogP contribution in [-0.4, -0.2) is 13.2 Å². The van der Waals surface area contributed by atoms with Crippen LogP contribution in [0.2, 0.25) is 0 Å². The van der Waals surface area contributed by atoms with Gasteiger partial charge in [-0.15, -0.1) is 0 Å². The number of benzene rings is 2. The van der Waals surface area contributed by atoms with E-state index >= 15 is 0 Å². The second-order valence-corrected chi connectivity index (χ2v) is 6.62. The Balaban J connectivity index is 1.91. The lowest BCUT2D eigenvalue weighted by Gasteiger charge is -2.18. The Morgan fingerprint density at radius 1 is 1.29 bits per heavy atom. The van der Waals surface area contributed by atoms with E-state index in [9.17, 15) is 0 Å². The summed E-state index contributed by atoms with van der Waals surface area (Å²) in [6.07, 6.45) is 1.92. The van der Waals surface area contributed by atoms with Crippen LogP contribution in [0.1, 0.15) is 28.2 Å². The number of hydrogen-bond donors (Lipinski definition) is 1. The average molecular weight is 346 g/mol. The lowest BCUT2D eigenvalue weighted by atomic mass is 9.90. The number of aryl methyl sites for hydroxylation is 1. The summed E-state index contributed by atoms with van der Waals surface area (Å²) in [5.74, 6) is 1.40. The zero-order valence-corrected chi connectivity index (χ0v) is 13.8. The van der Waals surface area contributed by atoms with Gasteiger partial charge in [0.15, 0.2) is 0 Å². The Morgan fingerprint density at radius 3 is 2.90 bits per heavy atom. The quantitative estimate of drug-likeness (QED) is 0.909. The highest BCUT2D eigenvalue weighted by molar-refractivity contribution is 9.10. The topological polar surface area (TPSA) is 35.2 Å². The third kappa shape index (κ3) is 3.14. The molecule has 2 aromatic carbocycles. The highest BCUT2D eigenvalue weighted by Crippen LogP contribution is 2.35. The molecule has 0 amide bonds. The molecule has 0 aliphatic carbocycles. The van der Waals surface area contributed by atoms with Crippen molar-refractivity contribution in [3.8, 4) is 5.75 Å². The smallest absolute Gasteiger partial charge is 0.125 e. The van der Waals surface area contributed by atoms with Gasteiger partial charge in [0.05, 0.1) is 6.61 Å². The lowest BCUT2D eigenvalue weighted by molar-refractivity contribution is 0.352. The summed E-state index contributed by atoms with van der Waals surface area (Å²) in [5.41, 5.74) is 11.2. The van der Waals surface area contributed by atoms with Crippen molar-refractivity contribution in [1.82, 2.24) is 0 Å². The summed E-state index contributed by atoms with van der Waals surface area (Å²) >= 11 is 3.61. The van der Waals surface area contributed by atoms with Gasteiger partial charge in [0.1, 0.15) is 5.75 Å². The highest BCUT2D eigenvalue weighted by atomic mass is 79.9. The third-order valence-corrected chi connectivity index (χ3v) is 4.55. The van der Waals surface area contributed by atoms with Crippen molar-refractivity contribution >= 4 is 15.9 Å². The molecule has 2 nitrogen and oxygen atoms in total. The van der Waals surface area contributed by atoms with Gasteiger partial charge in [0, 0.05) is 16.8 Å². The van der Waals surface area contributed by atoms with E-state index in [2.05, 4.69) is 59.3 Å². The molecular weight excluding hydrogens is 326 g/mol. The van der Waals surface area contributed by atoms with E-state index in [4.69, 9.17) is 10.5 Å². The number of nitrogens with two attached hydrogens (primary N) is 1. The van der Waals surface area contributed by atoms with Crippen LogP contribution in [0.4, 0.5) is 0 Å². The first-order valence-corrected chi connectivity index (χ1v) is 8.17. The minimum atomic E-state index is 0.326. The van der Waals surface area contributed by atoms with Crippen molar-refractivity contribution in [1.29, 1.82) is 0 Å². The summed E-state index contributed by atoms with van der Waals surface area (Å²) in [6, 6.07) is 13.0. The predicted molar refractivity (Wildman–Crippen MR) is 90.0 cm³/mol. The average Bonchev–Trinajstić information content (AvgIpc) is 2.92. The molecule has 0 radical (unpaired) electrons. The Kier molecular flexibility index (Phi) is 4.32. The van der Waals surface area contributed by atoms with Gasteiger partial charge in [-0.05, 0) is 48.7 Å². The highest BCUT2D eigenvalue weighted by Gasteiger charge is 2.20. The van der Waals surface area contributed by atoms with E-state index in [-0.39, 0.29) is 0 Å². The molecule has 3 rings (SSSR count). The Bertz CT molecular complexity index is 654. The first-order valence-electron chi connectivity index (χ1n) is 7.38. The molecule has 3 heteroatoms. The number of fused-ring (bicyclic) bond motifs is 1. The van der Waals surface area contributed by atoms with Crippen molar-refractivity contribution in [2.75, 3.05) is 13.2 Å². The molecule has 1 heterocycles. The molecule has 1 atom stereocenters. The number of ether oxygens (including phenoxy) is 1. The van der Waals surface area contributed by atoms with Crippen LogP contribution in [0.3, 0.4) is 0 Å². The summed E-state index contributed by atoms with van der Waals surface area (Å²) in [6.45, 7) is 3.55. The van der Waals surface area contributed by atoms with Crippen molar-refractivity contribution < 1.29 is 4.74 Å². The molecule has 110 valence electrons. The van der Waals surface area contributed by atoms with Crippen molar-refractivity contribution in [2.24, 2.45) is 5.73 Å². The third-order valence-electron chi connectivity index (χ3n) is 4.09. The second kappa shape index (κ2) is 6.20. The van der Waals surface area contributed by atoms with Gasteiger partial charge >= 0.3 is 0 Å². The van der Waals surface area contributed by atoms with E-state index in [0.29, 0.717) is 12.5 Å². The van der Waals surface area contributed by atoms with Crippen LogP contribution in [0.5, 0.6) is 5.75 Å². The molecule has 0 saturated carbocycles. The summed E-state index contributed by atoms with van der Waals surface area (Å²) in [4.78, 5) is 0. The van der Waals surface area contributed by atoms with E-state index in [1.54, 1.807) is 0 Å². The van der Waals surface area contributed by atoms with E-state index in [1.165, 1.54) is 22.3 Å².